The minimum Gasteiger partial charge on any atom is -0.379 e. The van der Waals surface area contributed by atoms with Crippen LogP contribution in [0.3, 0.4) is 0 Å². The molecule has 1 atom stereocenters. The SMILES string of the molecule is NC(=O)Cc1ccc(NC(=O)C2(N)CCOC2)cc1. The number of hydrogen-bond acceptors (Lipinski definition) is 4. The molecule has 1 saturated heterocycles. The molecule has 6 heteroatoms. The van der Waals surface area contributed by atoms with Crippen LogP contribution in [0.5, 0.6) is 0 Å². The Kier molecular flexibility index (Phi) is 3.82. The Morgan fingerprint density at radius 2 is 2.00 bits per heavy atom. The number of nitrogens with one attached hydrogen (secondary N) is 1. The summed E-state index contributed by atoms with van der Waals surface area (Å²) in [5, 5.41) is 2.74. The number of primary amides is 1. The Hall–Kier alpha value is -1.92. The van der Waals surface area contributed by atoms with Crippen LogP contribution in [0.1, 0.15) is 12.0 Å². The van der Waals surface area contributed by atoms with Crippen molar-refractivity contribution in [1.29, 1.82) is 0 Å². The molecule has 19 heavy (non-hydrogen) atoms. The van der Waals surface area contributed by atoms with E-state index in [0.29, 0.717) is 18.7 Å². The fraction of sp³-hybridized carbons (Fsp3) is 0.385. The molecule has 0 spiro atoms. The molecule has 1 aliphatic rings. The van der Waals surface area contributed by atoms with Crippen molar-refractivity contribution in [2.24, 2.45) is 11.5 Å². The van der Waals surface area contributed by atoms with Crippen LogP contribution in [0, 0.1) is 0 Å². The smallest absolute Gasteiger partial charge is 0.246 e. The monoisotopic (exact) mass is 263 g/mol. The van der Waals surface area contributed by atoms with E-state index >= 15 is 0 Å². The number of anilines is 1. The van der Waals surface area contributed by atoms with Gasteiger partial charge >= 0.3 is 0 Å². The molecule has 1 fully saturated rings. The Labute approximate surface area is 111 Å². The van der Waals surface area contributed by atoms with E-state index in [1.165, 1.54) is 0 Å². The first-order chi connectivity index (χ1) is 8.99. The molecule has 2 rings (SSSR count). The van der Waals surface area contributed by atoms with E-state index in [2.05, 4.69) is 5.32 Å². The molecular weight excluding hydrogens is 246 g/mol. The van der Waals surface area contributed by atoms with Crippen LogP contribution in [-0.2, 0) is 20.7 Å². The molecule has 1 heterocycles. The second-order valence-corrected chi connectivity index (χ2v) is 4.75. The number of amides is 2. The highest BCUT2D eigenvalue weighted by atomic mass is 16.5. The number of benzene rings is 1. The first-order valence-corrected chi connectivity index (χ1v) is 6.05. The van der Waals surface area contributed by atoms with Gasteiger partial charge in [0.15, 0.2) is 0 Å². The Morgan fingerprint density at radius 3 is 2.53 bits per heavy atom. The first-order valence-electron chi connectivity index (χ1n) is 6.05. The summed E-state index contributed by atoms with van der Waals surface area (Å²) in [4.78, 5) is 22.8. The zero-order valence-corrected chi connectivity index (χ0v) is 10.5. The van der Waals surface area contributed by atoms with E-state index in [0.717, 1.165) is 5.56 Å². The van der Waals surface area contributed by atoms with Crippen molar-refractivity contribution in [2.45, 2.75) is 18.4 Å². The van der Waals surface area contributed by atoms with Crippen LogP contribution in [0.4, 0.5) is 5.69 Å². The lowest BCUT2D eigenvalue weighted by atomic mass is 9.99. The summed E-state index contributed by atoms with van der Waals surface area (Å²) in [7, 11) is 0. The molecule has 1 aromatic carbocycles. The number of rotatable bonds is 4. The molecule has 6 nitrogen and oxygen atoms in total. The zero-order valence-electron chi connectivity index (χ0n) is 10.5. The highest BCUT2D eigenvalue weighted by Crippen LogP contribution is 2.18. The van der Waals surface area contributed by atoms with Gasteiger partial charge in [0.1, 0.15) is 5.54 Å². The highest BCUT2D eigenvalue weighted by molar-refractivity contribution is 5.98. The van der Waals surface area contributed by atoms with Crippen molar-refractivity contribution in [3.05, 3.63) is 29.8 Å². The molecular formula is C13H17N3O3. The predicted molar refractivity (Wildman–Crippen MR) is 70.3 cm³/mol. The third kappa shape index (κ3) is 3.30. The molecule has 0 radical (unpaired) electrons. The van der Waals surface area contributed by atoms with Crippen LogP contribution in [0.2, 0.25) is 0 Å². The summed E-state index contributed by atoms with van der Waals surface area (Å²) >= 11 is 0. The van der Waals surface area contributed by atoms with Gasteiger partial charge in [-0.2, -0.15) is 0 Å². The van der Waals surface area contributed by atoms with Crippen LogP contribution >= 0.6 is 0 Å². The molecule has 1 aliphatic heterocycles. The van der Waals surface area contributed by atoms with Crippen molar-refractivity contribution >= 4 is 17.5 Å². The Bertz CT molecular complexity index is 478. The summed E-state index contributed by atoms with van der Waals surface area (Å²) in [6.07, 6.45) is 0.696. The quantitative estimate of drug-likeness (QED) is 0.697. The number of ether oxygens (including phenoxy) is 1. The van der Waals surface area contributed by atoms with Gasteiger partial charge in [0.05, 0.1) is 13.0 Å². The lowest BCUT2D eigenvalue weighted by Crippen LogP contribution is -2.51. The molecule has 0 aliphatic carbocycles. The fourth-order valence-electron chi connectivity index (χ4n) is 1.92. The van der Waals surface area contributed by atoms with E-state index in [-0.39, 0.29) is 24.8 Å². The predicted octanol–water partition coefficient (Wildman–Crippen LogP) is -0.229. The van der Waals surface area contributed by atoms with Gasteiger partial charge < -0.3 is 21.5 Å². The van der Waals surface area contributed by atoms with Crippen LogP contribution in [0.25, 0.3) is 0 Å². The van der Waals surface area contributed by atoms with E-state index in [1.807, 2.05) is 0 Å². The number of nitrogens with two attached hydrogens (primary N) is 2. The molecule has 2 amide bonds. The standard InChI is InChI=1S/C13H17N3O3/c14-11(17)7-9-1-3-10(4-2-9)16-12(18)13(15)5-6-19-8-13/h1-4H,5-8,15H2,(H2,14,17)(H,16,18). The molecule has 0 bridgehead atoms. The third-order valence-electron chi connectivity index (χ3n) is 3.09. The van der Waals surface area contributed by atoms with E-state index in [1.54, 1.807) is 24.3 Å². The van der Waals surface area contributed by atoms with Gasteiger partial charge in [-0.15, -0.1) is 0 Å². The average Bonchev–Trinajstić information content (AvgIpc) is 2.79. The Balaban J connectivity index is 1.99. The molecule has 0 aromatic heterocycles. The minimum absolute atomic E-state index is 0.183. The van der Waals surface area contributed by atoms with Gasteiger partial charge in [0, 0.05) is 12.3 Å². The number of carbonyl (C=O) groups excluding carboxylic acids is 2. The summed E-state index contributed by atoms with van der Waals surface area (Å²) in [6, 6.07) is 6.92. The largest absolute Gasteiger partial charge is 0.379 e. The van der Waals surface area contributed by atoms with Crippen molar-refractivity contribution in [3.8, 4) is 0 Å². The summed E-state index contributed by atoms with van der Waals surface area (Å²) < 4.78 is 5.14. The maximum Gasteiger partial charge on any atom is 0.246 e. The molecule has 0 saturated carbocycles. The van der Waals surface area contributed by atoms with Gasteiger partial charge in [-0.3, -0.25) is 9.59 Å². The summed E-state index contributed by atoms with van der Waals surface area (Å²) in [6.45, 7) is 0.736. The molecule has 5 N–H and O–H groups in total. The van der Waals surface area contributed by atoms with Crippen molar-refractivity contribution < 1.29 is 14.3 Å². The fourth-order valence-corrected chi connectivity index (χ4v) is 1.92. The zero-order chi connectivity index (χ0) is 13.9. The second kappa shape index (κ2) is 5.38. The van der Waals surface area contributed by atoms with Crippen molar-refractivity contribution in [2.75, 3.05) is 18.5 Å². The van der Waals surface area contributed by atoms with Crippen LogP contribution < -0.4 is 16.8 Å². The van der Waals surface area contributed by atoms with Crippen LogP contribution in [-0.4, -0.2) is 30.6 Å². The summed E-state index contributed by atoms with van der Waals surface area (Å²) in [5.41, 5.74) is 11.5. The highest BCUT2D eigenvalue weighted by Gasteiger charge is 2.38. The van der Waals surface area contributed by atoms with Gasteiger partial charge in [-0.1, -0.05) is 12.1 Å². The maximum absolute atomic E-state index is 12.0. The van der Waals surface area contributed by atoms with Gasteiger partial charge in [0.25, 0.3) is 0 Å². The maximum atomic E-state index is 12.0. The number of hydrogen-bond donors (Lipinski definition) is 3. The lowest BCUT2D eigenvalue weighted by Gasteiger charge is -2.20. The molecule has 1 aromatic rings. The van der Waals surface area contributed by atoms with Gasteiger partial charge in [0.2, 0.25) is 11.8 Å². The van der Waals surface area contributed by atoms with E-state index in [9.17, 15) is 9.59 Å². The van der Waals surface area contributed by atoms with Gasteiger partial charge in [-0.25, -0.2) is 0 Å². The van der Waals surface area contributed by atoms with Crippen molar-refractivity contribution in [3.63, 3.8) is 0 Å². The summed E-state index contributed by atoms with van der Waals surface area (Å²) in [5.74, 6) is -0.645. The normalized spacial score (nSPS) is 22.2. The first kappa shape index (κ1) is 13.5. The van der Waals surface area contributed by atoms with E-state index < -0.39 is 5.54 Å². The topological polar surface area (TPSA) is 107 Å². The van der Waals surface area contributed by atoms with Crippen LogP contribution in [0.15, 0.2) is 24.3 Å². The number of carbonyl (C=O) groups is 2. The minimum atomic E-state index is -0.952. The van der Waals surface area contributed by atoms with Gasteiger partial charge in [-0.05, 0) is 24.1 Å². The third-order valence-corrected chi connectivity index (χ3v) is 3.09. The van der Waals surface area contributed by atoms with E-state index in [4.69, 9.17) is 16.2 Å². The molecule has 102 valence electrons. The average molecular weight is 263 g/mol. The molecule has 1 unspecified atom stereocenters. The Morgan fingerprint density at radius 1 is 1.32 bits per heavy atom. The second-order valence-electron chi connectivity index (χ2n) is 4.75. The lowest BCUT2D eigenvalue weighted by molar-refractivity contribution is -0.121. The van der Waals surface area contributed by atoms with Crippen molar-refractivity contribution in [1.82, 2.24) is 0 Å².